The first-order chi connectivity index (χ1) is 13.2. The van der Waals surface area contributed by atoms with Crippen molar-refractivity contribution in [2.75, 3.05) is 0 Å². The van der Waals surface area contributed by atoms with Crippen LogP contribution in [-0.2, 0) is 14.3 Å². The second-order valence-electron chi connectivity index (χ2n) is 8.86. The zero-order valence-corrected chi connectivity index (χ0v) is 17.2. The Morgan fingerprint density at radius 3 is 2.39 bits per heavy atom. The van der Waals surface area contributed by atoms with Gasteiger partial charge in [-0.15, -0.1) is 0 Å². The molecule has 0 aromatic heterocycles. The predicted molar refractivity (Wildman–Crippen MR) is 109 cm³/mol. The molecule has 4 heteroatoms. The average Bonchev–Trinajstić information content (AvgIpc) is 2.62. The average molecular weight is 383 g/mol. The molecule has 1 aromatic carbocycles. The van der Waals surface area contributed by atoms with Crippen LogP contribution in [0.4, 0.5) is 0 Å². The molecule has 28 heavy (non-hydrogen) atoms. The Kier molecular flexibility index (Phi) is 5.78. The molecular weight excluding hydrogens is 352 g/mol. The predicted octanol–water partition coefficient (Wildman–Crippen LogP) is 5.10. The lowest BCUT2D eigenvalue weighted by molar-refractivity contribution is -0.144. The first-order valence-corrected chi connectivity index (χ1v) is 9.95. The van der Waals surface area contributed by atoms with Crippen LogP contribution >= 0.6 is 0 Å². The van der Waals surface area contributed by atoms with E-state index < -0.39 is 0 Å². The van der Waals surface area contributed by atoms with E-state index in [0.29, 0.717) is 18.4 Å². The number of fused-ring (bicyclic) bond motifs is 1. The molecule has 4 nitrogen and oxygen atoms in total. The van der Waals surface area contributed by atoms with E-state index >= 15 is 0 Å². The van der Waals surface area contributed by atoms with Gasteiger partial charge in [-0.05, 0) is 42.9 Å². The van der Waals surface area contributed by atoms with Gasteiger partial charge in [0.15, 0.2) is 0 Å². The Morgan fingerprint density at radius 2 is 1.79 bits per heavy atom. The van der Waals surface area contributed by atoms with E-state index in [1.165, 1.54) is 6.92 Å². The van der Waals surface area contributed by atoms with Crippen LogP contribution in [0.25, 0.3) is 0 Å². The smallest absolute Gasteiger partial charge is 0.338 e. The highest BCUT2D eigenvalue weighted by atomic mass is 16.5. The molecule has 0 amide bonds. The van der Waals surface area contributed by atoms with E-state index in [9.17, 15) is 9.59 Å². The van der Waals surface area contributed by atoms with E-state index in [-0.39, 0.29) is 41.4 Å². The number of esters is 2. The summed E-state index contributed by atoms with van der Waals surface area (Å²) >= 11 is 0. The SMILES string of the molecule is C=C1C[C@H](OC(C)=O)C=C(C)C[C@@H](OC(=O)c2ccccc2)[C@@H]2[C@H]1CC2(C)C. The number of hydrogen-bond acceptors (Lipinski definition) is 4. The fraction of sp³-hybridized carbons (Fsp3) is 0.500. The summed E-state index contributed by atoms with van der Waals surface area (Å²) < 4.78 is 11.5. The van der Waals surface area contributed by atoms with E-state index in [2.05, 4.69) is 20.4 Å². The Bertz CT molecular complexity index is 790. The lowest BCUT2D eigenvalue weighted by atomic mass is 9.51. The molecule has 150 valence electrons. The van der Waals surface area contributed by atoms with Crippen LogP contribution in [0.1, 0.15) is 57.3 Å². The lowest BCUT2D eigenvalue weighted by Gasteiger charge is -2.55. The first-order valence-electron chi connectivity index (χ1n) is 9.95. The zero-order valence-electron chi connectivity index (χ0n) is 17.2. The molecule has 0 aliphatic heterocycles. The molecule has 0 radical (unpaired) electrons. The van der Waals surface area contributed by atoms with Crippen molar-refractivity contribution in [1.82, 2.24) is 0 Å². The second kappa shape index (κ2) is 7.94. The molecule has 0 unspecified atom stereocenters. The van der Waals surface area contributed by atoms with Crippen LogP contribution in [0.5, 0.6) is 0 Å². The lowest BCUT2D eigenvalue weighted by Crippen LogP contribution is -2.52. The monoisotopic (exact) mass is 382 g/mol. The number of hydrogen-bond donors (Lipinski definition) is 0. The summed E-state index contributed by atoms with van der Waals surface area (Å²) in [5.41, 5.74) is 2.77. The third-order valence-electron chi connectivity index (χ3n) is 6.05. The largest absolute Gasteiger partial charge is 0.458 e. The van der Waals surface area contributed by atoms with Gasteiger partial charge in [0.05, 0.1) is 5.56 Å². The van der Waals surface area contributed by atoms with Gasteiger partial charge in [-0.1, -0.05) is 49.8 Å². The minimum absolute atomic E-state index is 0.0663. The Morgan fingerprint density at radius 1 is 1.11 bits per heavy atom. The van der Waals surface area contributed by atoms with Crippen molar-refractivity contribution in [3.63, 3.8) is 0 Å². The van der Waals surface area contributed by atoms with E-state index in [1.807, 2.05) is 31.2 Å². The quantitative estimate of drug-likeness (QED) is 0.539. The van der Waals surface area contributed by atoms with Gasteiger partial charge < -0.3 is 9.47 Å². The van der Waals surface area contributed by atoms with Crippen LogP contribution in [0.15, 0.2) is 54.1 Å². The van der Waals surface area contributed by atoms with Crippen molar-refractivity contribution < 1.29 is 19.1 Å². The third-order valence-corrected chi connectivity index (χ3v) is 6.05. The van der Waals surface area contributed by atoms with E-state index in [4.69, 9.17) is 9.47 Å². The van der Waals surface area contributed by atoms with Gasteiger partial charge in [0, 0.05) is 25.7 Å². The highest BCUT2D eigenvalue weighted by Gasteiger charge is 2.53. The van der Waals surface area contributed by atoms with Gasteiger partial charge >= 0.3 is 11.9 Å². The number of carbonyl (C=O) groups excluding carboxylic acids is 2. The molecule has 1 saturated carbocycles. The maximum Gasteiger partial charge on any atom is 0.338 e. The van der Waals surface area contributed by atoms with E-state index in [0.717, 1.165) is 17.6 Å². The van der Waals surface area contributed by atoms with Gasteiger partial charge in [0.1, 0.15) is 12.2 Å². The van der Waals surface area contributed by atoms with Crippen LogP contribution in [0.2, 0.25) is 0 Å². The third kappa shape index (κ3) is 4.37. The van der Waals surface area contributed by atoms with Crippen LogP contribution in [-0.4, -0.2) is 24.1 Å². The minimum atomic E-state index is -0.307. The zero-order chi connectivity index (χ0) is 20.5. The number of benzene rings is 1. The van der Waals surface area contributed by atoms with Crippen LogP contribution in [0, 0.1) is 17.3 Å². The van der Waals surface area contributed by atoms with Gasteiger partial charge in [0.2, 0.25) is 0 Å². The standard InChI is InChI=1S/C24H30O4/c1-15-11-19(27-17(3)25)13-16(2)20-14-24(4,5)22(20)21(12-15)28-23(26)18-9-7-6-8-10-18/h6-11,19-22H,2,12-14H2,1,3-5H3/t19-,20+,21-,22+/m1/s1. The normalized spacial score (nSPS) is 29.1. The van der Waals surface area contributed by atoms with Crippen molar-refractivity contribution >= 4 is 11.9 Å². The van der Waals surface area contributed by atoms with E-state index in [1.54, 1.807) is 12.1 Å². The Labute approximate surface area is 167 Å². The minimum Gasteiger partial charge on any atom is -0.458 e. The molecule has 3 rings (SSSR count). The van der Waals surface area contributed by atoms with Crippen molar-refractivity contribution in [1.29, 1.82) is 0 Å². The Hall–Kier alpha value is -2.36. The molecule has 0 spiro atoms. The maximum atomic E-state index is 12.7. The molecule has 1 fully saturated rings. The summed E-state index contributed by atoms with van der Waals surface area (Å²) in [4.78, 5) is 24.2. The van der Waals surface area contributed by atoms with Gasteiger partial charge in [0.25, 0.3) is 0 Å². The summed E-state index contributed by atoms with van der Waals surface area (Å²) in [6, 6.07) is 9.12. The van der Waals surface area contributed by atoms with Gasteiger partial charge in [-0.2, -0.15) is 0 Å². The summed E-state index contributed by atoms with van der Waals surface area (Å²) in [7, 11) is 0. The van der Waals surface area contributed by atoms with Crippen molar-refractivity contribution in [3.8, 4) is 0 Å². The summed E-state index contributed by atoms with van der Waals surface area (Å²) in [6.45, 7) is 12.2. The maximum absolute atomic E-state index is 12.7. The fourth-order valence-corrected chi connectivity index (χ4v) is 4.86. The van der Waals surface area contributed by atoms with Crippen molar-refractivity contribution in [2.45, 2.75) is 59.2 Å². The molecule has 4 atom stereocenters. The van der Waals surface area contributed by atoms with Gasteiger partial charge in [-0.3, -0.25) is 4.79 Å². The first kappa shape index (κ1) is 20.4. The highest BCUT2D eigenvalue weighted by Crippen LogP contribution is 2.57. The number of ether oxygens (including phenoxy) is 2. The summed E-state index contributed by atoms with van der Waals surface area (Å²) in [6.07, 6.45) is 3.69. The number of rotatable bonds is 3. The summed E-state index contributed by atoms with van der Waals surface area (Å²) in [5.74, 6) is -0.118. The molecule has 0 saturated heterocycles. The molecular formula is C24H30O4. The second-order valence-corrected chi connectivity index (χ2v) is 8.86. The molecule has 2 aliphatic rings. The van der Waals surface area contributed by atoms with Crippen LogP contribution in [0.3, 0.4) is 0 Å². The molecule has 0 bridgehead atoms. The molecule has 0 N–H and O–H groups in total. The summed E-state index contributed by atoms with van der Waals surface area (Å²) in [5, 5.41) is 0. The Balaban J connectivity index is 1.88. The molecule has 1 aromatic rings. The fourth-order valence-electron chi connectivity index (χ4n) is 4.86. The van der Waals surface area contributed by atoms with Gasteiger partial charge in [-0.25, -0.2) is 4.79 Å². The highest BCUT2D eigenvalue weighted by molar-refractivity contribution is 5.89. The number of carbonyl (C=O) groups is 2. The van der Waals surface area contributed by atoms with Crippen molar-refractivity contribution in [2.24, 2.45) is 17.3 Å². The van der Waals surface area contributed by atoms with Crippen molar-refractivity contribution in [3.05, 3.63) is 59.7 Å². The molecule has 2 aliphatic carbocycles. The van der Waals surface area contributed by atoms with Crippen LogP contribution < -0.4 is 0 Å². The topological polar surface area (TPSA) is 52.6 Å². The molecule has 0 heterocycles.